The van der Waals surface area contributed by atoms with Crippen LogP contribution in [0.1, 0.15) is 48.2 Å². The molecule has 6 heteroatoms. The summed E-state index contributed by atoms with van der Waals surface area (Å²) in [6.45, 7) is 7.21. The van der Waals surface area contributed by atoms with E-state index in [0.29, 0.717) is 30.5 Å². The zero-order valence-corrected chi connectivity index (χ0v) is 17.8. The first-order valence-electron chi connectivity index (χ1n) is 8.53. The zero-order chi connectivity index (χ0) is 18.2. The molecule has 2 aromatic rings. The average molecular weight is 466 g/mol. The van der Waals surface area contributed by atoms with Gasteiger partial charge in [-0.2, -0.15) is 0 Å². The Morgan fingerprint density at radius 2 is 1.88 bits per heavy atom. The lowest BCUT2D eigenvalue weighted by atomic mass is 10.0. The number of rotatable bonds is 6. The summed E-state index contributed by atoms with van der Waals surface area (Å²) in [5.74, 6) is 0.728. The lowest BCUT2D eigenvalue weighted by Gasteiger charge is -2.10. The number of amides is 1. The van der Waals surface area contributed by atoms with Gasteiger partial charge in [-0.3, -0.25) is 4.79 Å². The SMILES string of the molecule is CCNC(=O)c1cccc(CN=C(N)Nc2cccc(C(C)C)c2)c1.I. The van der Waals surface area contributed by atoms with Crippen LogP contribution in [0.25, 0.3) is 0 Å². The number of halogens is 1. The van der Waals surface area contributed by atoms with Gasteiger partial charge in [0.2, 0.25) is 0 Å². The molecule has 4 N–H and O–H groups in total. The molecule has 1 amide bonds. The van der Waals surface area contributed by atoms with Crippen LogP contribution in [0.3, 0.4) is 0 Å². The monoisotopic (exact) mass is 466 g/mol. The van der Waals surface area contributed by atoms with Crippen LogP contribution in [-0.2, 0) is 6.54 Å². The van der Waals surface area contributed by atoms with Crippen molar-refractivity contribution in [1.29, 1.82) is 0 Å². The third-order valence-electron chi connectivity index (χ3n) is 3.78. The Labute approximate surface area is 172 Å². The molecule has 0 aliphatic heterocycles. The minimum atomic E-state index is -0.0788. The number of anilines is 1. The molecule has 0 radical (unpaired) electrons. The largest absolute Gasteiger partial charge is 0.370 e. The lowest BCUT2D eigenvalue weighted by Crippen LogP contribution is -2.23. The summed E-state index contributed by atoms with van der Waals surface area (Å²) in [4.78, 5) is 16.2. The molecule has 0 bridgehead atoms. The Bertz CT molecular complexity index is 759. The highest BCUT2D eigenvalue weighted by atomic mass is 127. The number of hydrogen-bond donors (Lipinski definition) is 3. The van der Waals surface area contributed by atoms with E-state index in [9.17, 15) is 4.79 Å². The summed E-state index contributed by atoms with van der Waals surface area (Å²) in [7, 11) is 0. The number of carbonyl (C=O) groups is 1. The minimum absolute atomic E-state index is 0. The van der Waals surface area contributed by atoms with Gasteiger partial charge in [-0.05, 0) is 48.2 Å². The van der Waals surface area contributed by atoms with Gasteiger partial charge < -0.3 is 16.4 Å². The van der Waals surface area contributed by atoms with E-state index in [1.54, 1.807) is 6.07 Å². The molecule has 26 heavy (non-hydrogen) atoms. The van der Waals surface area contributed by atoms with Crippen molar-refractivity contribution in [2.24, 2.45) is 10.7 Å². The van der Waals surface area contributed by atoms with Crippen molar-refractivity contribution in [3.63, 3.8) is 0 Å². The van der Waals surface area contributed by atoms with Crippen molar-refractivity contribution in [1.82, 2.24) is 5.32 Å². The van der Waals surface area contributed by atoms with E-state index in [2.05, 4.69) is 41.6 Å². The second-order valence-corrected chi connectivity index (χ2v) is 6.17. The van der Waals surface area contributed by atoms with Gasteiger partial charge in [0.15, 0.2) is 5.96 Å². The molecular weight excluding hydrogens is 439 g/mol. The average Bonchev–Trinajstić information content (AvgIpc) is 2.60. The number of hydrogen-bond acceptors (Lipinski definition) is 2. The number of nitrogens with one attached hydrogen (secondary N) is 2. The second-order valence-electron chi connectivity index (χ2n) is 6.17. The van der Waals surface area contributed by atoms with Gasteiger partial charge in [-0.1, -0.05) is 38.1 Å². The van der Waals surface area contributed by atoms with Gasteiger partial charge in [-0.25, -0.2) is 4.99 Å². The Balaban J connectivity index is 0.00000338. The minimum Gasteiger partial charge on any atom is -0.370 e. The van der Waals surface area contributed by atoms with E-state index < -0.39 is 0 Å². The number of aliphatic imine (C=N–C) groups is 1. The number of guanidine groups is 1. The van der Waals surface area contributed by atoms with Crippen LogP contribution in [0, 0.1) is 0 Å². The molecule has 0 atom stereocenters. The van der Waals surface area contributed by atoms with Crippen molar-refractivity contribution >= 4 is 41.5 Å². The van der Waals surface area contributed by atoms with Crippen LogP contribution in [0.5, 0.6) is 0 Å². The molecule has 0 unspecified atom stereocenters. The first-order valence-corrected chi connectivity index (χ1v) is 8.53. The normalized spacial score (nSPS) is 11.0. The molecule has 0 heterocycles. The standard InChI is InChI=1S/C20H26N4O.HI/c1-4-22-19(25)17-9-5-7-15(11-17)13-23-20(21)24-18-10-6-8-16(12-18)14(2)3;/h5-12,14H,4,13H2,1-3H3,(H,22,25)(H3,21,23,24);1H. The van der Waals surface area contributed by atoms with Crippen LogP contribution in [0.4, 0.5) is 5.69 Å². The fourth-order valence-corrected chi connectivity index (χ4v) is 2.41. The predicted molar refractivity (Wildman–Crippen MR) is 119 cm³/mol. The molecule has 0 spiro atoms. The van der Waals surface area contributed by atoms with E-state index in [0.717, 1.165) is 11.3 Å². The Hall–Kier alpha value is -2.09. The summed E-state index contributed by atoms with van der Waals surface area (Å²) in [5.41, 5.74) is 9.71. The van der Waals surface area contributed by atoms with Crippen LogP contribution >= 0.6 is 24.0 Å². The Kier molecular flexibility index (Phi) is 9.12. The molecule has 2 aromatic carbocycles. The van der Waals surface area contributed by atoms with Gasteiger partial charge in [0.1, 0.15) is 0 Å². The molecule has 0 aromatic heterocycles. The lowest BCUT2D eigenvalue weighted by molar-refractivity contribution is 0.0955. The van der Waals surface area contributed by atoms with Crippen molar-refractivity contribution in [3.8, 4) is 0 Å². The fraction of sp³-hybridized carbons (Fsp3) is 0.300. The molecule has 5 nitrogen and oxygen atoms in total. The van der Waals surface area contributed by atoms with Crippen molar-refractivity contribution in [2.75, 3.05) is 11.9 Å². The highest BCUT2D eigenvalue weighted by molar-refractivity contribution is 14.0. The topological polar surface area (TPSA) is 79.5 Å². The maximum absolute atomic E-state index is 11.9. The molecule has 0 aliphatic carbocycles. The Morgan fingerprint density at radius 3 is 2.58 bits per heavy atom. The maximum Gasteiger partial charge on any atom is 0.251 e. The highest BCUT2D eigenvalue weighted by Crippen LogP contribution is 2.18. The van der Waals surface area contributed by atoms with Gasteiger partial charge in [0.25, 0.3) is 5.91 Å². The summed E-state index contributed by atoms with van der Waals surface area (Å²) in [6, 6.07) is 15.5. The van der Waals surface area contributed by atoms with Gasteiger partial charge in [-0.15, -0.1) is 24.0 Å². The number of benzene rings is 2. The van der Waals surface area contributed by atoms with E-state index in [1.807, 2.05) is 37.3 Å². The van der Waals surface area contributed by atoms with Crippen molar-refractivity contribution in [2.45, 2.75) is 33.2 Å². The predicted octanol–water partition coefficient (Wildman–Crippen LogP) is 4.10. The fourth-order valence-electron chi connectivity index (χ4n) is 2.41. The van der Waals surface area contributed by atoms with Crippen LogP contribution in [0.15, 0.2) is 53.5 Å². The van der Waals surface area contributed by atoms with Gasteiger partial charge in [0, 0.05) is 17.8 Å². The molecular formula is C20H27IN4O. The van der Waals surface area contributed by atoms with E-state index >= 15 is 0 Å². The molecule has 0 saturated carbocycles. The highest BCUT2D eigenvalue weighted by Gasteiger charge is 2.05. The molecule has 2 rings (SSSR count). The molecule has 140 valence electrons. The first kappa shape index (κ1) is 22.0. The molecule has 0 aliphatic rings. The third kappa shape index (κ3) is 6.67. The maximum atomic E-state index is 11.9. The van der Waals surface area contributed by atoms with E-state index in [-0.39, 0.29) is 29.9 Å². The first-order chi connectivity index (χ1) is 12.0. The van der Waals surface area contributed by atoms with E-state index in [1.165, 1.54) is 5.56 Å². The Morgan fingerprint density at radius 1 is 1.15 bits per heavy atom. The van der Waals surface area contributed by atoms with Crippen LogP contribution in [0.2, 0.25) is 0 Å². The smallest absolute Gasteiger partial charge is 0.251 e. The summed E-state index contributed by atoms with van der Waals surface area (Å²) in [6.07, 6.45) is 0. The number of nitrogens with two attached hydrogens (primary N) is 1. The van der Waals surface area contributed by atoms with Crippen molar-refractivity contribution < 1.29 is 4.79 Å². The summed E-state index contributed by atoms with van der Waals surface area (Å²) >= 11 is 0. The van der Waals surface area contributed by atoms with Gasteiger partial charge >= 0.3 is 0 Å². The van der Waals surface area contributed by atoms with Crippen molar-refractivity contribution in [3.05, 3.63) is 65.2 Å². The number of carbonyl (C=O) groups excluding carboxylic acids is 1. The summed E-state index contributed by atoms with van der Waals surface area (Å²) in [5, 5.41) is 5.90. The second kappa shape index (κ2) is 10.8. The zero-order valence-electron chi connectivity index (χ0n) is 15.5. The third-order valence-corrected chi connectivity index (χ3v) is 3.78. The summed E-state index contributed by atoms with van der Waals surface area (Å²) < 4.78 is 0. The van der Waals surface area contributed by atoms with E-state index in [4.69, 9.17) is 5.73 Å². The van der Waals surface area contributed by atoms with Crippen LogP contribution < -0.4 is 16.4 Å². The quantitative estimate of drug-likeness (QED) is 0.341. The number of nitrogens with zero attached hydrogens (tertiary/aromatic N) is 1. The molecule has 0 saturated heterocycles. The van der Waals surface area contributed by atoms with Gasteiger partial charge in [0.05, 0.1) is 6.54 Å². The van der Waals surface area contributed by atoms with Crippen LogP contribution in [-0.4, -0.2) is 18.4 Å². The molecule has 0 fully saturated rings.